The van der Waals surface area contributed by atoms with E-state index in [1.807, 2.05) is 44.2 Å². The van der Waals surface area contributed by atoms with Gasteiger partial charge in [0, 0.05) is 0 Å². The van der Waals surface area contributed by atoms with Crippen LogP contribution in [0.2, 0.25) is 0 Å². The minimum absolute atomic E-state index is 0.211. The molecule has 0 heterocycles. The molecular weight excluding hydrogens is 484 g/mol. The molecule has 1 amide bonds. The summed E-state index contributed by atoms with van der Waals surface area (Å²) in [6.45, 7) is 3.72. The first-order chi connectivity index (χ1) is 17.6. The average molecular weight is 525 g/mol. The van der Waals surface area contributed by atoms with Crippen LogP contribution in [0.25, 0.3) is 0 Å². The molecule has 1 unspecified atom stereocenters. The van der Waals surface area contributed by atoms with Crippen LogP contribution in [0.1, 0.15) is 74.6 Å². The van der Waals surface area contributed by atoms with Gasteiger partial charge >= 0.3 is 0 Å². The number of carbonyl (C=O) groups excluding carboxylic acids is 1. The molecule has 4 saturated carbocycles. The molecule has 6 rings (SSSR count). The van der Waals surface area contributed by atoms with Crippen LogP contribution in [0.4, 0.5) is 5.69 Å². The number of carbonyl (C=O) groups is 1. The van der Waals surface area contributed by atoms with Crippen LogP contribution in [0.3, 0.4) is 0 Å². The number of hydrogen-bond acceptors (Lipinski definition) is 4. The molecule has 0 aliphatic heterocycles. The number of hydrogen-bond donors (Lipinski definition) is 1. The molecule has 4 aliphatic carbocycles. The van der Waals surface area contributed by atoms with Crippen molar-refractivity contribution in [3.8, 4) is 5.75 Å². The third-order valence-corrected chi connectivity index (χ3v) is 10.2. The lowest BCUT2D eigenvalue weighted by molar-refractivity contribution is -0.120. The molecule has 0 radical (unpaired) electrons. The average Bonchev–Trinajstić information content (AvgIpc) is 2.84. The quantitative estimate of drug-likeness (QED) is 0.470. The van der Waals surface area contributed by atoms with E-state index in [0.29, 0.717) is 12.1 Å². The van der Waals surface area contributed by atoms with Crippen LogP contribution in [0.5, 0.6) is 5.75 Å². The van der Waals surface area contributed by atoms with E-state index in [-0.39, 0.29) is 23.9 Å². The van der Waals surface area contributed by atoms with Crippen LogP contribution in [0.15, 0.2) is 42.5 Å². The third kappa shape index (κ3) is 5.25. The first kappa shape index (κ1) is 26.1. The van der Waals surface area contributed by atoms with Crippen molar-refractivity contribution in [1.82, 2.24) is 5.32 Å². The Bertz CT molecular complexity index is 1220. The number of ether oxygens (including phenoxy) is 1. The minimum Gasteiger partial charge on any atom is -0.496 e. The SMILES string of the molecule is CCC(NC(=O)CN(c1ccc(C23CC4CC(CC(C4)C2)C3)cc1)S(C)(=O)=O)c1ccc(OC)c(C)c1. The highest BCUT2D eigenvalue weighted by molar-refractivity contribution is 7.92. The molecule has 0 saturated heterocycles. The second kappa shape index (κ2) is 9.97. The van der Waals surface area contributed by atoms with Crippen LogP contribution in [-0.4, -0.2) is 34.2 Å². The summed E-state index contributed by atoms with van der Waals surface area (Å²) < 4.78 is 32.1. The van der Waals surface area contributed by atoms with Crippen molar-refractivity contribution in [3.63, 3.8) is 0 Å². The van der Waals surface area contributed by atoms with Crippen molar-refractivity contribution in [2.45, 2.75) is 70.3 Å². The predicted octanol–water partition coefficient (Wildman–Crippen LogP) is 5.50. The highest BCUT2D eigenvalue weighted by Crippen LogP contribution is 2.60. The van der Waals surface area contributed by atoms with Crippen molar-refractivity contribution in [3.05, 3.63) is 59.2 Å². The van der Waals surface area contributed by atoms with Crippen LogP contribution < -0.4 is 14.4 Å². The number of methoxy groups -OCH3 is 1. The van der Waals surface area contributed by atoms with E-state index in [9.17, 15) is 13.2 Å². The summed E-state index contributed by atoms with van der Waals surface area (Å²) in [5.74, 6) is 3.02. The Hall–Kier alpha value is -2.54. The molecule has 1 atom stereocenters. The van der Waals surface area contributed by atoms with E-state index in [0.717, 1.165) is 40.9 Å². The number of aryl methyl sites for hydroxylation is 1. The van der Waals surface area contributed by atoms with Gasteiger partial charge in [-0.25, -0.2) is 8.42 Å². The zero-order valence-corrected chi connectivity index (χ0v) is 23.3. The fraction of sp³-hybridized carbons (Fsp3) is 0.567. The van der Waals surface area contributed by atoms with E-state index in [1.165, 1.54) is 48.4 Å². The van der Waals surface area contributed by atoms with Crippen molar-refractivity contribution < 1.29 is 17.9 Å². The number of amides is 1. The summed E-state index contributed by atoms with van der Waals surface area (Å²) in [7, 11) is -2.00. The number of nitrogens with zero attached hydrogens (tertiary/aromatic N) is 1. The van der Waals surface area contributed by atoms with Gasteiger partial charge in [-0.2, -0.15) is 0 Å². The summed E-state index contributed by atoms with van der Waals surface area (Å²) in [5, 5.41) is 3.03. The molecule has 0 aromatic heterocycles. The molecule has 7 heteroatoms. The lowest BCUT2D eigenvalue weighted by atomic mass is 9.48. The molecule has 1 N–H and O–H groups in total. The van der Waals surface area contributed by atoms with E-state index in [4.69, 9.17) is 4.74 Å². The second-order valence-electron chi connectivity index (χ2n) is 11.8. The van der Waals surface area contributed by atoms with Crippen molar-refractivity contribution in [2.75, 3.05) is 24.2 Å². The molecule has 200 valence electrons. The van der Waals surface area contributed by atoms with Gasteiger partial charge in [-0.05, 0) is 110 Å². The fourth-order valence-corrected chi connectivity index (χ4v) is 8.61. The topological polar surface area (TPSA) is 75.7 Å². The van der Waals surface area contributed by atoms with Crippen molar-refractivity contribution in [1.29, 1.82) is 0 Å². The molecular formula is C30H40N2O4S. The molecule has 4 aliphatic rings. The molecule has 4 bridgehead atoms. The highest BCUT2D eigenvalue weighted by Gasteiger charge is 2.51. The second-order valence-corrected chi connectivity index (χ2v) is 13.7. The molecule has 6 nitrogen and oxygen atoms in total. The maximum absolute atomic E-state index is 13.1. The van der Waals surface area contributed by atoms with Crippen molar-refractivity contribution in [2.24, 2.45) is 17.8 Å². The van der Waals surface area contributed by atoms with Crippen LogP contribution in [-0.2, 0) is 20.2 Å². The normalized spacial score (nSPS) is 27.1. The van der Waals surface area contributed by atoms with Gasteiger partial charge in [-0.15, -0.1) is 0 Å². The standard InChI is InChI=1S/C30H40N2O4S/c1-5-27(24-6-11-28(36-3)20(2)12-24)31-29(33)19-32(37(4,34)35)26-9-7-25(8-10-26)30-16-21-13-22(17-30)15-23(14-21)18-30/h6-12,21-23,27H,5,13-19H2,1-4H3,(H,31,33). The van der Waals surface area contributed by atoms with E-state index in [2.05, 4.69) is 17.4 Å². The monoisotopic (exact) mass is 524 g/mol. The summed E-state index contributed by atoms with van der Waals surface area (Å²) in [4.78, 5) is 13.1. The smallest absolute Gasteiger partial charge is 0.241 e. The number of rotatable bonds is 9. The molecule has 37 heavy (non-hydrogen) atoms. The van der Waals surface area contributed by atoms with Gasteiger partial charge in [0.2, 0.25) is 15.9 Å². The number of benzene rings is 2. The van der Waals surface area contributed by atoms with Gasteiger partial charge in [0.1, 0.15) is 12.3 Å². The molecule has 2 aromatic rings. The van der Waals surface area contributed by atoms with Gasteiger partial charge in [-0.3, -0.25) is 9.10 Å². The van der Waals surface area contributed by atoms with Gasteiger partial charge in [-0.1, -0.05) is 31.2 Å². The number of anilines is 1. The van der Waals surface area contributed by atoms with Gasteiger partial charge in [0.25, 0.3) is 0 Å². The molecule has 0 spiro atoms. The Morgan fingerprint density at radius 3 is 2.14 bits per heavy atom. The Kier molecular flexibility index (Phi) is 7.03. The Balaban J connectivity index is 1.31. The summed E-state index contributed by atoms with van der Waals surface area (Å²) in [6.07, 6.45) is 9.82. The lowest BCUT2D eigenvalue weighted by Gasteiger charge is -2.57. The first-order valence-corrected chi connectivity index (χ1v) is 15.5. The summed E-state index contributed by atoms with van der Waals surface area (Å²) in [6, 6.07) is 13.7. The Labute approximate surface area is 221 Å². The Morgan fingerprint density at radius 1 is 1.05 bits per heavy atom. The van der Waals surface area contributed by atoms with Crippen LogP contribution >= 0.6 is 0 Å². The maximum atomic E-state index is 13.1. The van der Waals surface area contributed by atoms with E-state index < -0.39 is 10.0 Å². The maximum Gasteiger partial charge on any atom is 0.241 e. The van der Waals surface area contributed by atoms with Gasteiger partial charge in [0.05, 0.1) is 25.1 Å². The first-order valence-electron chi connectivity index (χ1n) is 13.6. The zero-order chi connectivity index (χ0) is 26.4. The van der Waals surface area contributed by atoms with Gasteiger partial charge < -0.3 is 10.1 Å². The van der Waals surface area contributed by atoms with Crippen LogP contribution in [0, 0.1) is 24.7 Å². The fourth-order valence-electron chi connectivity index (χ4n) is 7.76. The van der Waals surface area contributed by atoms with Gasteiger partial charge in [0.15, 0.2) is 0 Å². The number of sulfonamides is 1. The van der Waals surface area contributed by atoms with Crippen molar-refractivity contribution >= 4 is 21.6 Å². The highest BCUT2D eigenvalue weighted by atomic mass is 32.2. The predicted molar refractivity (Wildman–Crippen MR) is 147 cm³/mol. The molecule has 4 fully saturated rings. The third-order valence-electron chi connectivity index (χ3n) is 9.06. The Morgan fingerprint density at radius 2 is 1.65 bits per heavy atom. The summed E-state index contributed by atoms with van der Waals surface area (Å²) in [5.41, 5.74) is 4.10. The number of nitrogens with one attached hydrogen (secondary N) is 1. The van der Waals surface area contributed by atoms with E-state index >= 15 is 0 Å². The zero-order valence-electron chi connectivity index (χ0n) is 22.5. The lowest BCUT2D eigenvalue weighted by Crippen LogP contribution is -2.48. The summed E-state index contributed by atoms with van der Waals surface area (Å²) >= 11 is 0. The van der Waals surface area contributed by atoms with E-state index in [1.54, 1.807) is 7.11 Å². The minimum atomic E-state index is -3.64. The largest absolute Gasteiger partial charge is 0.496 e. The molecule has 2 aromatic carbocycles.